The molecule has 104 valence electrons. The Morgan fingerprint density at radius 2 is 2.16 bits per heavy atom. The lowest BCUT2D eigenvalue weighted by atomic mass is 10.0. The van der Waals surface area contributed by atoms with Crippen LogP contribution in [-0.2, 0) is 19.4 Å². The third kappa shape index (κ3) is 3.13. The van der Waals surface area contributed by atoms with Crippen molar-refractivity contribution in [2.75, 3.05) is 19.4 Å². The van der Waals surface area contributed by atoms with E-state index in [1.807, 2.05) is 12.1 Å². The van der Waals surface area contributed by atoms with Gasteiger partial charge in [-0.1, -0.05) is 18.2 Å². The smallest absolute Gasteiger partial charge is 0.306 e. The minimum absolute atomic E-state index is 0.0237. The Kier molecular flexibility index (Phi) is 4.21. The number of benzene rings is 1. The van der Waals surface area contributed by atoms with Gasteiger partial charge in [0.2, 0.25) is 0 Å². The molecule has 1 unspecified atom stereocenters. The summed E-state index contributed by atoms with van der Waals surface area (Å²) in [6.07, 6.45) is 0.808. The first-order valence-corrected chi connectivity index (χ1v) is 7.81. The van der Waals surface area contributed by atoms with E-state index >= 15 is 0 Å². The molecule has 0 aromatic heterocycles. The number of fused-ring (bicyclic) bond motifs is 1. The van der Waals surface area contributed by atoms with Gasteiger partial charge in [-0.2, -0.15) is 0 Å². The zero-order chi connectivity index (χ0) is 13.9. The molecule has 0 fully saturated rings. The summed E-state index contributed by atoms with van der Waals surface area (Å²) in [5.74, 6) is -0.135. The second-order valence-electron chi connectivity index (χ2n) is 4.48. The van der Waals surface area contributed by atoms with Gasteiger partial charge in [-0.15, -0.1) is 0 Å². The second kappa shape index (κ2) is 5.71. The number of ether oxygens (including phenoxy) is 1. The standard InChI is InChI=1S/C13H17NO4S/c1-18-13(15)6-8-14-11-7-9-19(16,17)12-5-3-2-4-10(11)12/h2-5,11,14H,6-9H2,1H3. The van der Waals surface area contributed by atoms with Crippen LogP contribution in [0.25, 0.3) is 0 Å². The number of sulfone groups is 1. The summed E-state index contributed by atoms with van der Waals surface area (Å²) in [6.45, 7) is 0.478. The Balaban J connectivity index is 2.10. The van der Waals surface area contributed by atoms with Crippen LogP contribution in [0.15, 0.2) is 29.2 Å². The molecule has 5 nitrogen and oxygen atoms in total. The van der Waals surface area contributed by atoms with E-state index in [9.17, 15) is 13.2 Å². The fourth-order valence-electron chi connectivity index (χ4n) is 2.25. The van der Waals surface area contributed by atoms with Crippen LogP contribution in [0.4, 0.5) is 0 Å². The normalized spacial score (nSPS) is 20.6. The van der Waals surface area contributed by atoms with Crippen molar-refractivity contribution in [3.63, 3.8) is 0 Å². The molecule has 0 amide bonds. The quantitative estimate of drug-likeness (QED) is 0.836. The van der Waals surface area contributed by atoms with Crippen LogP contribution in [-0.4, -0.2) is 33.8 Å². The van der Waals surface area contributed by atoms with Crippen molar-refractivity contribution < 1.29 is 17.9 Å². The molecule has 0 spiro atoms. The van der Waals surface area contributed by atoms with E-state index in [1.165, 1.54) is 7.11 Å². The first-order chi connectivity index (χ1) is 9.04. The maximum absolute atomic E-state index is 11.9. The summed E-state index contributed by atoms with van der Waals surface area (Å²) < 4.78 is 28.5. The van der Waals surface area contributed by atoms with Crippen molar-refractivity contribution in [3.8, 4) is 0 Å². The summed E-state index contributed by atoms with van der Waals surface area (Å²) in [5, 5.41) is 3.22. The van der Waals surface area contributed by atoms with Gasteiger partial charge in [-0.3, -0.25) is 4.79 Å². The number of methoxy groups -OCH3 is 1. The lowest BCUT2D eigenvalue weighted by Gasteiger charge is -2.26. The van der Waals surface area contributed by atoms with Crippen molar-refractivity contribution in [3.05, 3.63) is 29.8 Å². The minimum atomic E-state index is -3.15. The van der Waals surface area contributed by atoms with Gasteiger partial charge >= 0.3 is 5.97 Å². The number of nitrogens with one attached hydrogen (secondary N) is 1. The number of carbonyl (C=O) groups is 1. The largest absolute Gasteiger partial charge is 0.469 e. The predicted molar refractivity (Wildman–Crippen MR) is 70.5 cm³/mol. The highest BCUT2D eigenvalue weighted by molar-refractivity contribution is 7.91. The topological polar surface area (TPSA) is 72.5 Å². The molecule has 1 aliphatic rings. The zero-order valence-corrected chi connectivity index (χ0v) is 11.6. The minimum Gasteiger partial charge on any atom is -0.469 e. The van der Waals surface area contributed by atoms with E-state index in [2.05, 4.69) is 10.1 Å². The molecule has 0 aliphatic carbocycles. The highest BCUT2D eigenvalue weighted by Crippen LogP contribution is 2.31. The molecule has 1 aliphatic heterocycles. The molecule has 2 rings (SSSR count). The summed E-state index contributed by atoms with van der Waals surface area (Å²) in [4.78, 5) is 11.4. The lowest BCUT2D eigenvalue weighted by molar-refractivity contribution is -0.140. The molecule has 1 atom stereocenters. The van der Waals surface area contributed by atoms with Gasteiger partial charge in [-0.05, 0) is 18.1 Å². The number of hydrogen-bond acceptors (Lipinski definition) is 5. The molecule has 0 saturated heterocycles. The fraction of sp³-hybridized carbons (Fsp3) is 0.462. The maximum atomic E-state index is 11.9. The first kappa shape index (κ1) is 14.0. The van der Waals surface area contributed by atoms with Gasteiger partial charge in [0.15, 0.2) is 9.84 Å². The van der Waals surface area contributed by atoms with Gasteiger partial charge in [-0.25, -0.2) is 8.42 Å². The van der Waals surface area contributed by atoms with Crippen LogP contribution in [0, 0.1) is 0 Å². The van der Waals surface area contributed by atoms with E-state index in [0.29, 0.717) is 17.9 Å². The van der Waals surface area contributed by atoms with E-state index in [4.69, 9.17) is 0 Å². The average molecular weight is 283 g/mol. The van der Waals surface area contributed by atoms with Gasteiger partial charge in [0.25, 0.3) is 0 Å². The van der Waals surface area contributed by atoms with Crippen LogP contribution < -0.4 is 5.32 Å². The number of carbonyl (C=O) groups excluding carboxylic acids is 1. The average Bonchev–Trinajstić information content (AvgIpc) is 2.41. The highest BCUT2D eigenvalue weighted by Gasteiger charge is 2.29. The molecule has 6 heteroatoms. The summed E-state index contributed by atoms with van der Waals surface area (Å²) >= 11 is 0. The monoisotopic (exact) mass is 283 g/mol. The van der Waals surface area contributed by atoms with Crippen molar-refractivity contribution in [1.29, 1.82) is 0 Å². The lowest BCUT2D eigenvalue weighted by Crippen LogP contribution is -2.31. The predicted octanol–water partition coefficient (Wildman–Crippen LogP) is 1.06. The van der Waals surface area contributed by atoms with Crippen LogP contribution >= 0.6 is 0 Å². The van der Waals surface area contributed by atoms with E-state index in [0.717, 1.165) is 5.56 Å². The number of rotatable bonds is 4. The summed E-state index contributed by atoms with van der Waals surface area (Å²) in [6, 6.07) is 6.99. The van der Waals surface area contributed by atoms with Gasteiger partial charge in [0.05, 0.1) is 24.2 Å². The Labute approximate surface area is 112 Å². The van der Waals surface area contributed by atoms with Gasteiger partial charge < -0.3 is 10.1 Å². The van der Waals surface area contributed by atoms with Crippen molar-refractivity contribution in [1.82, 2.24) is 5.32 Å². The zero-order valence-electron chi connectivity index (χ0n) is 10.8. The third-order valence-corrected chi connectivity index (χ3v) is 5.07. The third-order valence-electron chi connectivity index (χ3n) is 3.25. The van der Waals surface area contributed by atoms with E-state index in [1.54, 1.807) is 12.1 Å². The Morgan fingerprint density at radius 3 is 2.89 bits per heavy atom. The Bertz CT molecular complexity index is 568. The molecule has 0 radical (unpaired) electrons. The van der Waals surface area contributed by atoms with Gasteiger partial charge in [0, 0.05) is 12.6 Å². The molecule has 1 aromatic rings. The van der Waals surface area contributed by atoms with Crippen LogP contribution in [0.2, 0.25) is 0 Å². The Hall–Kier alpha value is -1.40. The SMILES string of the molecule is COC(=O)CCNC1CCS(=O)(=O)c2ccccc21. The molecular weight excluding hydrogens is 266 g/mol. The summed E-state index contributed by atoms with van der Waals surface area (Å²) in [5.41, 5.74) is 0.790. The molecule has 1 N–H and O–H groups in total. The second-order valence-corrected chi connectivity index (χ2v) is 6.56. The number of esters is 1. The van der Waals surface area contributed by atoms with Crippen LogP contribution in [0.1, 0.15) is 24.4 Å². The van der Waals surface area contributed by atoms with Crippen molar-refractivity contribution >= 4 is 15.8 Å². The molecule has 1 heterocycles. The molecule has 19 heavy (non-hydrogen) atoms. The van der Waals surface area contributed by atoms with Crippen LogP contribution in [0.3, 0.4) is 0 Å². The number of hydrogen-bond donors (Lipinski definition) is 1. The fourth-order valence-corrected chi connectivity index (χ4v) is 3.87. The maximum Gasteiger partial charge on any atom is 0.306 e. The molecule has 0 saturated carbocycles. The Morgan fingerprint density at radius 1 is 1.42 bits per heavy atom. The van der Waals surface area contributed by atoms with Gasteiger partial charge in [0.1, 0.15) is 0 Å². The van der Waals surface area contributed by atoms with Crippen LogP contribution in [0.5, 0.6) is 0 Å². The summed E-state index contributed by atoms with van der Waals surface area (Å²) in [7, 11) is -1.80. The van der Waals surface area contributed by atoms with Crippen molar-refractivity contribution in [2.45, 2.75) is 23.8 Å². The molecular formula is C13H17NO4S. The van der Waals surface area contributed by atoms with E-state index < -0.39 is 9.84 Å². The highest BCUT2D eigenvalue weighted by atomic mass is 32.2. The van der Waals surface area contributed by atoms with E-state index in [-0.39, 0.29) is 24.2 Å². The van der Waals surface area contributed by atoms with Crippen molar-refractivity contribution in [2.24, 2.45) is 0 Å². The molecule has 1 aromatic carbocycles. The molecule has 0 bridgehead atoms. The first-order valence-electron chi connectivity index (χ1n) is 6.16.